The summed E-state index contributed by atoms with van der Waals surface area (Å²) in [5.41, 5.74) is 0.509. The Balaban J connectivity index is 1.51. The van der Waals surface area contributed by atoms with Crippen LogP contribution >= 0.6 is 23.5 Å². The van der Waals surface area contributed by atoms with Crippen LogP contribution in [-0.4, -0.2) is 60.3 Å². The van der Waals surface area contributed by atoms with E-state index in [4.69, 9.17) is 0 Å². The number of amides is 1. The van der Waals surface area contributed by atoms with Gasteiger partial charge in [-0.05, 0) is 41.1 Å². The summed E-state index contributed by atoms with van der Waals surface area (Å²) in [5, 5.41) is 3.14. The van der Waals surface area contributed by atoms with Crippen LogP contribution in [0.3, 0.4) is 0 Å². The van der Waals surface area contributed by atoms with Gasteiger partial charge in [-0.15, -0.1) is 11.8 Å². The zero-order chi connectivity index (χ0) is 23.6. The Morgan fingerprint density at radius 1 is 1.09 bits per heavy atom. The minimum Gasteiger partial charge on any atom is -0.289 e. The molecule has 33 heavy (non-hydrogen) atoms. The predicted octanol–water partition coefficient (Wildman–Crippen LogP) is 4.83. The maximum absolute atomic E-state index is 13.1. The fourth-order valence-electron chi connectivity index (χ4n) is 3.43. The molecule has 1 amide bonds. The molecular formula is C24H25N3O3S3. The molecule has 172 valence electrons. The lowest BCUT2D eigenvalue weighted by Crippen LogP contribution is -2.33. The van der Waals surface area contributed by atoms with Gasteiger partial charge >= 0.3 is 0 Å². The molecule has 9 heteroatoms. The van der Waals surface area contributed by atoms with Crippen LogP contribution in [-0.2, 0) is 14.8 Å². The first-order valence-electron chi connectivity index (χ1n) is 10.4. The van der Waals surface area contributed by atoms with E-state index in [1.165, 1.54) is 47.3 Å². The predicted molar refractivity (Wildman–Crippen MR) is 138 cm³/mol. The quantitative estimate of drug-likeness (QED) is 0.454. The van der Waals surface area contributed by atoms with E-state index in [0.29, 0.717) is 23.2 Å². The van der Waals surface area contributed by atoms with E-state index in [9.17, 15) is 13.2 Å². The largest absolute Gasteiger partial charge is 0.289 e. The summed E-state index contributed by atoms with van der Waals surface area (Å²) in [6.07, 6.45) is 0. The Morgan fingerprint density at radius 2 is 1.85 bits per heavy atom. The van der Waals surface area contributed by atoms with Crippen molar-refractivity contribution in [2.24, 2.45) is 4.99 Å². The molecule has 0 bridgehead atoms. The maximum atomic E-state index is 13.1. The molecule has 1 fully saturated rings. The summed E-state index contributed by atoms with van der Waals surface area (Å²) in [7, 11) is -0.563. The molecule has 1 aliphatic rings. The van der Waals surface area contributed by atoms with Crippen molar-refractivity contribution < 1.29 is 13.2 Å². The summed E-state index contributed by atoms with van der Waals surface area (Å²) < 4.78 is 26.1. The van der Waals surface area contributed by atoms with Gasteiger partial charge in [-0.25, -0.2) is 17.7 Å². The molecule has 6 nitrogen and oxygen atoms in total. The molecular weight excluding hydrogens is 474 g/mol. The van der Waals surface area contributed by atoms with Gasteiger partial charge in [-0.2, -0.15) is 0 Å². The summed E-state index contributed by atoms with van der Waals surface area (Å²) in [6.45, 7) is 2.63. The van der Waals surface area contributed by atoms with E-state index in [1.807, 2.05) is 18.2 Å². The average molecular weight is 500 g/mol. The Kier molecular flexibility index (Phi) is 7.13. The third-order valence-electron chi connectivity index (χ3n) is 5.18. The zero-order valence-electron chi connectivity index (χ0n) is 18.6. The highest BCUT2D eigenvalue weighted by Crippen LogP contribution is 2.31. The molecule has 0 N–H and O–H groups in total. The van der Waals surface area contributed by atoms with Gasteiger partial charge in [0, 0.05) is 30.8 Å². The Hall–Kier alpha value is -2.33. The molecule has 3 aromatic carbocycles. The molecule has 1 atom stereocenters. The molecule has 1 unspecified atom stereocenters. The average Bonchev–Trinajstić information content (AvgIpc) is 3.17. The number of fused-ring (bicyclic) bond motifs is 1. The highest BCUT2D eigenvalue weighted by atomic mass is 32.2. The van der Waals surface area contributed by atoms with Gasteiger partial charge in [0.25, 0.3) is 0 Å². The van der Waals surface area contributed by atoms with Crippen LogP contribution < -0.4 is 0 Å². The molecule has 0 aliphatic carbocycles. The van der Waals surface area contributed by atoms with Crippen LogP contribution in [0, 0.1) is 0 Å². The fourth-order valence-corrected chi connectivity index (χ4v) is 6.23. The number of rotatable bonds is 6. The first kappa shape index (κ1) is 23.8. The number of sulfonamides is 1. The number of hydrogen-bond acceptors (Lipinski definition) is 6. The number of thioether (sulfide) groups is 2. The molecule has 0 spiro atoms. The lowest BCUT2D eigenvalue weighted by molar-refractivity contribution is -0.124. The van der Waals surface area contributed by atoms with E-state index in [0.717, 1.165) is 10.3 Å². The van der Waals surface area contributed by atoms with E-state index >= 15 is 0 Å². The van der Waals surface area contributed by atoms with E-state index < -0.39 is 10.0 Å². The Bertz CT molecular complexity index is 1320. The van der Waals surface area contributed by atoms with Crippen molar-refractivity contribution in [1.29, 1.82) is 0 Å². The SMILES string of the molecule is CC1CN(C(=O)CSc2ccc3ccccc3c2)C(=Nc2cccc(S(=O)(=O)N(C)C)c2)S1. The van der Waals surface area contributed by atoms with E-state index in [1.54, 1.807) is 29.2 Å². The molecule has 0 radical (unpaired) electrons. The maximum Gasteiger partial charge on any atom is 0.242 e. The van der Waals surface area contributed by atoms with Crippen molar-refractivity contribution in [3.05, 3.63) is 66.7 Å². The van der Waals surface area contributed by atoms with Crippen molar-refractivity contribution in [2.45, 2.75) is 22.0 Å². The van der Waals surface area contributed by atoms with Crippen LogP contribution in [0.1, 0.15) is 6.92 Å². The third kappa shape index (κ3) is 5.43. The number of carbonyl (C=O) groups is 1. The summed E-state index contributed by atoms with van der Waals surface area (Å²) in [5.74, 6) is 0.292. The fraction of sp³-hybridized carbons (Fsp3) is 0.250. The molecule has 3 aromatic rings. The Morgan fingerprint density at radius 3 is 2.61 bits per heavy atom. The molecule has 1 aliphatic heterocycles. The van der Waals surface area contributed by atoms with E-state index in [-0.39, 0.29) is 16.1 Å². The second-order valence-electron chi connectivity index (χ2n) is 7.91. The molecule has 4 rings (SSSR count). The van der Waals surface area contributed by atoms with Gasteiger partial charge in [0.1, 0.15) is 0 Å². The third-order valence-corrected chi connectivity index (χ3v) is 9.05. The van der Waals surface area contributed by atoms with Crippen molar-refractivity contribution in [3.63, 3.8) is 0 Å². The monoisotopic (exact) mass is 499 g/mol. The second kappa shape index (κ2) is 9.89. The second-order valence-corrected chi connectivity index (χ2v) is 12.5. The van der Waals surface area contributed by atoms with Gasteiger partial charge in [0.05, 0.1) is 16.3 Å². The standard InChI is InChI=1S/C24H25N3O3S3/c1-17-15-27(23(28)16-31-21-12-11-18-7-4-5-8-19(18)13-21)24(32-17)25-20-9-6-10-22(14-20)33(29,30)26(2)3/h4-14,17H,15-16H2,1-3H3. The number of amidine groups is 1. The Labute approximate surface area is 203 Å². The molecule has 1 heterocycles. The number of nitrogens with zero attached hydrogens (tertiary/aromatic N) is 3. The van der Waals surface area contributed by atoms with Crippen LogP contribution in [0.5, 0.6) is 0 Å². The van der Waals surface area contributed by atoms with Gasteiger partial charge in [0.2, 0.25) is 15.9 Å². The molecule has 1 saturated heterocycles. The molecule has 0 saturated carbocycles. The van der Waals surface area contributed by atoms with Crippen LogP contribution in [0.2, 0.25) is 0 Å². The topological polar surface area (TPSA) is 70.0 Å². The van der Waals surface area contributed by atoms with Gasteiger partial charge in [-0.3, -0.25) is 9.69 Å². The van der Waals surface area contributed by atoms with Crippen molar-refractivity contribution in [2.75, 3.05) is 26.4 Å². The van der Waals surface area contributed by atoms with Crippen LogP contribution in [0.15, 0.2) is 81.5 Å². The minimum atomic E-state index is -3.56. The van der Waals surface area contributed by atoms with Gasteiger partial charge in [-0.1, -0.05) is 55.1 Å². The van der Waals surface area contributed by atoms with Crippen molar-refractivity contribution >= 4 is 61.1 Å². The smallest absolute Gasteiger partial charge is 0.242 e. The van der Waals surface area contributed by atoms with Crippen LogP contribution in [0.25, 0.3) is 10.8 Å². The number of aliphatic imine (C=N–C) groups is 1. The zero-order valence-corrected chi connectivity index (χ0v) is 21.1. The van der Waals surface area contributed by atoms with Gasteiger partial charge in [0.15, 0.2) is 5.17 Å². The lowest BCUT2D eigenvalue weighted by atomic mass is 10.1. The highest BCUT2D eigenvalue weighted by Gasteiger charge is 2.30. The van der Waals surface area contributed by atoms with Crippen LogP contribution in [0.4, 0.5) is 5.69 Å². The van der Waals surface area contributed by atoms with Gasteiger partial charge < -0.3 is 0 Å². The first-order valence-corrected chi connectivity index (χ1v) is 13.7. The summed E-state index contributed by atoms with van der Waals surface area (Å²) in [6, 6.07) is 20.9. The van der Waals surface area contributed by atoms with E-state index in [2.05, 4.69) is 36.2 Å². The highest BCUT2D eigenvalue weighted by molar-refractivity contribution is 8.14. The van der Waals surface area contributed by atoms with Crippen molar-refractivity contribution in [1.82, 2.24) is 9.21 Å². The number of hydrogen-bond donors (Lipinski definition) is 0. The minimum absolute atomic E-state index is 0.0131. The summed E-state index contributed by atoms with van der Waals surface area (Å²) in [4.78, 5) is 20.6. The summed E-state index contributed by atoms with van der Waals surface area (Å²) >= 11 is 3.03. The first-order chi connectivity index (χ1) is 15.7. The number of carbonyl (C=O) groups excluding carboxylic acids is 1. The molecule has 0 aromatic heterocycles. The normalized spacial score (nSPS) is 17.9. The number of benzene rings is 3. The lowest BCUT2D eigenvalue weighted by Gasteiger charge is -2.16. The van der Waals surface area contributed by atoms with Crippen molar-refractivity contribution in [3.8, 4) is 0 Å².